The first kappa shape index (κ1) is 19.0. The number of amides is 1. The molecule has 2 aromatic rings. The molecule has 8 heteroatoms. The van der Waals surface area contributed by atoms with Crippen LogP contribution in [0.2, 0.25) is 0 Å². The van der Waals surface area contributed by atoms with Crippen molar-refractivity contribution in [3.63, 3.8) is 0 Å². The molecular formula is C18H22N2O4S2. The molecule has 2 heterocycles. The predicted octanol–water partition coefficient (Wildman–Crippen LogP) is 3.11. The Morgan fingerprint density at radius 1 is 1.12 bits per heavy atom. The summed E-state index contributed by atoms with van der Waals surface area (Å²) in [5.74, 6) is -0.200. The SMILES string of the molecule is Cc1ccc(C(=O)Nc2ccc(S(=O)(=O)N3C[C@@H](C)O[C@@H](C)C3)cc2)s1. The molecule has 0 bridgehead atoms. The Bertz CT molecular complexity index is 880. The number of hydrogen-bond acceptors (Lipinski definition) is 5. The van der Waals surface area contributed by atoms with Gasteiger partial charge in [-0.2, -0.15) is 4.31 Å². The van der Waals surface area contributed by atoms with Gasteiger partial charge in [-0.3, -0.25) is 4.79 Å². The zero-order valence-corrected chi connectivity index (χ0v) is 16.6. The van der Waals surface area contributed by atoms with Gasteiger partial charge in [-0.05, 0) is 57.2 Å². The molecule has 0 radical (unpaired) electrons. The van der Waals surface area contributed by atoms with E-state index in [-0.39, 0.29) is 23.0 Å². The highest BCUT2D eigenvalue weighted by Gasteiger charge is 2.32. The smallest absolute Gasteiger partial charge is 0.265 e. The summed E-state index contributed by atoms with van der Waals surface area (Å²) >= 11 is 1.42. The van der Waals surface area contributed by atoms with Gasteiger partial charge in [0.25, 0.3) is 5.91 Å². The average Bonchev–Trinajstić information content (AvgIpc) is 3.01. The van der Waals surface area contributed by atoms with E-state index in [2.05, 4.69) is 5.32 Å². The van der Waals surface area contributed by atoms with Crippen LogP contribution in [0.25, 0.3) is 0 Å². The fourth-order valence-corrected chi connectivity index (χ4v) is 5.29. The van der Waals surface area contributed by atoms with Gasteiger partial charge in [0.2, 0.25) is 10.0 Å². The van der Waals surface area contributed by atoms with Crippen molar-refractivity contribution >= 4 is 33.0 Å². The number of thiophene rings is 1. The Balaban J connectivity index is 1.73. The number of anilines is 1. The molecule has 2 atom stereocenters. The maximum absolute atomic E-state index is 12.8. The number of hydrogen-bond donors (Lipinski definition) is 1. The van der Waals surface area contributed by atoms with Gasteiger partial charge in [0.15, 0.2) is 0 Å². The highest BCUT2D eigenvalue weighted by molar-refractivity contribution is 7.89. The van der Waals surface area contributed by atoms with Crippen molar-refractivity contribution in [3.8, 4) is 0 Å². The summed E-state index contributed by atoms with van der Waals surface area (Å²) in [5, 5.41) is 2.79. The van der Waals surface area contributed by atoms with Gasteiger partial charge in [-0.1, -0.05) is 0 Å². The fraction of sp³-hybridized carbons (Fsp3) is 0.389. The van der Waals surface area contributed by atoms with Gasteiger partial charge in [0.1, 0.15) is 0 Å². The molecule has 1 aromatic carbocycles. The zero-order chi connectivity index (χ0) is 18.9. The first-order valence-corrected chi connectivity index (χ1v) is 10.6. The van der Waals surface area contributed by atoms with E-state index in [9.17, 15) is 13.2 Å². The topological polar surface area (TPSA) is 75.7 Å². The summed E-state index contributed by atoms with van der Waals surface area (Å²) in [6.45, 7) is 6.34. The lowest BCUT2D eigenvalue weighted by Gasteiger charge is -2.34. The predicted molar refractivity (Wildman–Crippen MR) is 102 cm³/mol. The summed E-state index contributed by atoms with van der Waals surface area (Å²) in [4.78, 5) is 14.1. The summed E-state index contributed by atoms with van der Waals surface area (Å²) < 4.78 is 32.7. The van der Waals surface area contributed by atoms with E-state index < -0.39 is 10.0 Å². The van der Waals surface area contributed by atoms with Gasteiger partial charge in [-0.25, -0.2) is 8.42 Å². The van der Waals surface area contributed by atoms with Crippen molar-refractivity contribution in [3.05, 3.63) is 46.2 Å². The molecule has 0 unspecified atom stereocenters. The molecule has 1 fully saturated rings. The molecule has 1 N–H and O–H groups in total. The lowest BCUT2D eigenvalue weighted by molar-refractivity contribution is -0.0440. The maximum atomic E-state index is 12.8. The van der Waals surface area contributed by atoms with E-state index >= 15 is 0 Å². The molecule has 1 aliphatic rings. The summed E-state index contributed by atoms with van der Waals surface area (Å²) in [6.07, 6.45) is -0.275. The second-order valence-electron chi connectivity index (χ2n) is 6.47. The fourth-order valence-electron chi connectivity index (χ4n) is 2.94. The summed E-state index contributed by atoms with van der Waals surface area (Å²) in [5.41, 5.74) is 0.559. The number of aryl methyl sites for hydroxylation is 1. The number of morpholine rings is 1. The third kappa shape index (κ3) is 4.15. The first-order chi connectivity index (χ1) is 12.3. The van der Waals surface area contributed by atoms with Gasteiger partial charge in [0, 0.05) is 23.7 Å². The molecule has 1 saturated heterocycles. The van der Waals surface area contributed by atoms with E-state index in [1.807, 2.05) is 26.8 Å². The minimum absolute atomic E-state index is 0.138. The summed E-state index contributed by atoms with van der Waals surface area (Å²) in [7, 11) is -3.58. The van der Waals surface area contributed by atoms with Crippen LogP contribution < -0.4 is 5.32 Å². The number of sulfonamides is 1. The normalized spacial score (nSPS) is 21.5. The molecule has 0 saturated carbocycles. The Hall–Kier alpha value is -1.74. The van der Waals surface area contributed by atoms with Crippen molar-refractivity contribution in [2.45, 2.75) is 37.9 Å². The van der Waals surface area contributed by atoms with Crippen LogP contribution in [0.4, 0.5) is 5.69 Å². The molecule has 0 spiro atoms. The number of carbonyl (C=O) groups excluding carboxylic acids is 1. The second kappa shape index (κ2) is 7.48. The van der Waals surface area contributed by atoms with Crippen LogP contribution in [0, 0.1) is 6.92 Å². The number of nitrogens with one attached hydrogen (secondary N) is 1. The number of ether oxygens (including phenoxy) is 1. The van der Waals surface area contributed by atoms with Crippen LogP contribution in [0.15, 0.2) is 41.3 Å². The largest absolute Gasteiger partial charge is 0.373 e. The highest BCUT2D eigenvalue weighted by Crippen LogP contribution is 2.23. The third-order valence-corrected chi connectivity index (χ3v) is 6.95. The molecule has 3 rings (SSSR count). The number of rotatable bonds is 4. The minimum Gasteiger partial charge on any atom is -0.373 e. The van der Waals surface area contributed by atoms with Crippen molar-refractivity contribution < 1.29 is 17.9 Å². The van der Waals surface area contributed by atoms with E-state index in [0.717, 1.165) is 4.88 Å². The second-order valence-corrected chi connectivity index (χ2v) is 9.69. The van der Waals surface area contributed by atoms with E-state index in [0.29, 0.717) is 23.7 Å². The van der Waals surface area contributed by atoms with Gasteiger partial charge >= 0.3 is 0 Å². The third-order valence-electron chi connectivity index (χ3n) is 4.10. The van der Waals surface area contributed by atoms with Crippen molar-refractivity contribution in [1.29, 1.82) is 0 Å². The highest BCUT2D eigenvalue weighted by atomic mass is 32.2. The van der Waals surface area contributed by atoms with Gasteiger partial charge in [0.05, 0.1) is 22.0 Å². The number of carbonyl (C=O) groups is 1. The van der Waals surface area contributed by atoms with Crippen molar-refractivity contribution in [2.24, 2.45) is 0 Å². The van der Waals surface area contributed by atoms with Crippen molar-refractivity contribution in [1.82, 2.24) is 4.31 Å². The maximum Gasteiger partial charge on any atom is 0.265 e. The van der Waals surface area contributed by atoms with E-state index in [1.165, 1.54) is 27.8 Å². The molecule has 1 aromatic heterocycles. The zero-order valence-electron chi connectivity index (χ0n) is 14.9. The van der Waals surface area contributed by atoms with Crippen LogP contribution in [0.3, 0.4) is 0 Å². The number of nitrogens with zero attached hydrogens (tertiary/aromatic N) is 1. The van der Waals surface area contributed by atoms with Crippen LogP contribution in [0.5, 0.6) is 0 Å². The molecule has 26 heavy (non-hydrogen) atoms. The summed E-state index contributed by atoms with van der Waals surface area (Å²) in [6, 6.07) is 9.93. The first-order valence-electron chi connectivity index (χ1n) is 8.39. The Morgan fingerprint density at radius 2 is 1.73 bits per heavy atom. The monoisotopic (exact) mass is 394 g/mol. The van der Waals surface area contributed by atoms with Crippen molar-refractivity contribution in [2.75, 3.05) is 18.4 Å². The molecule has 6 nitrogen and oxygen atoms in total. The van der Waals surface area contributed by atoms with Gasteiger partial charge < -0.3 is 10.1 Å². The molecule has 1 aliphatic heterocycles. The van der Waals surface area contributed by atoms with Crippen LogP contribution >= 0.6 is 11.3 Å². The Morgan fingerprint density at radius 3 is 2.27 bits per heavy atom. The van der Waals surface area contributed by atoms with E-state index in [1.54, 1.807) is 18.2 Å². The molecular weight excluding hydrogens is 372 g/mol. The van der Waals surface area contributed by atoms with E-state index in [4.69, 9.17) is 4.74 Å². The van der Waals surface area contributed by atoms with Gasteiger partial charge in [-0.15, -0.1) is 11.3 Å². The standard InChI is InChI=1S/C18H22N2O4S2/c1-12-10-20(11-13(2)24-12)26(22,23)16-7-5-15(6-8-16)19-18(21)17-9-4-14(3)25-17/h4-9,12-13H,10-11H2,1-3H3,(H,19,21)/t12-,13+. The minimum atomic E-state index is -3.58. The molecule has 0 aliphatic carbocycles. The molecule has 1 amide bonds. The lowest BCUT2D eigenvalue weighted by atomic mass is 10.3. The Labute approximate surface area is 157 Å². The van der Waals surface area contributed by atoms with Crippen LogP contribution in [-0.4, -0.2) is 43.9 Å². The lowest BCUT2D eigenvalue weighted by Crippen LogP contribution is -2.48. The van der Waals surface area contributed by atoms with Crippen LogP contribution in [0.1, 0.15) is 28.4 Å². The number of benzene rings is 1. The van der Waals surface area contributed by atoms with Crippen LogP contribution in [-0.2, 0) is 14.8 Å². The quantitative estimate of drug-likeness (QED) is 0.865. The average molecular weight is 395 g/mol. The Kier molecular flexibility index (Phi) is 5.47. The molecule has 140 valence electrons.